The molecule has 2 aromatic rings. The van der Waals surface area contributed by atoms with Crippen LogP contribution >= 0.6 is 0 Å². The first-order valence-electron chi connectivity index (χ1n) is 8.35. The largest absolute Gasteiger partial charge is 0.491 e. The Morgan fingerprint density at radius 3 is 2.46 bits per heavy atom. The SMILES string of the molecule is CC(C)Oc1cccc(CC(=O)NCC(C(=O)O)c2ccc(F)cc2)c1. The number of carbonyl (C=O) groups is 2. The van der Waals surface area contributed by atoms with E-state index in [1.165, 1.54) is 24.3 Å². The minimum atomic E-state index is -1.08. The van der Waals surface area contributed by atoms with Crippen molar-refractivity contribution in [2.45, 2.75) is 32.3 Å². The van der Waals surface area contributed by atoms with Crippen molar-refractivity contribution >= 4 is 11.9 Å². The molecule has 6 heteroatoms. The predicted molar refractivity (Wildman–Crippen MR) is 95.7 cm³/mol. The molecule has 0 aromatic heterocycles. The highest BCUT2D eigenvalue weighted by atomic mass is 19.1. The average Bonchev–Trinajstić information content (AvgIpc) is 2.56. The molecule has 0 radical (unpaired) electrons. The molecule has 0 saturated carbocycles. The summed E-state index contributed by atoms with van der Waals surface area (Å²) in [6, 6.07) is 12.4. The lowest BCUT2D eigenvalue weighted by Crippen LogP contribution is -2.32. The third-order valence-corrected chi connectivity index (χ3v) is 3.71. The van der Waals surface area contributed by atoms with Crippen LogP contribution in [0.25, 0.3) is 0 Å². The molecule has 26 heavy (non-hydrogen) atoms. The van der Waals surface area contributed by atoms with Crippen LogP contribution in [0.2, 0.25) is 0 Å². The molecular weight excluding hydrogens is 337 g/mol. The average molecular weight is 359 g/mol. The van der Waals surface area contributed by atoms with Gasteiger partial charge >= 0.3 is 5.97 Å². The highest BCUT2D eigenvalue weighted by Gasteiger charge is 2.20. The van der Waals surface area contributed by atoms with Crippen LogP contribution in [0.5, 0.6) is 5.75 Å². The van der Waals surface area contributed by atoms with Crippen LogP contribution in [0.1, 0.15) is 30.9 Å². The summed E-state index contributed by atoms with van der Waals surface area (Å²) >= 11 is 0. The van der Waals surface area contributed by atoms with Gasteiger partial charge in [-0.3, -0.25) is 9.59 Å². The number of ether oxygens (including phenoxy) is 1. The van der Waals surface area contributed by atoms with Gasteiger partial charge in [-0.05, 0) is 49.2 Å². The van der Waals surface area contributed by atoms with Crippen molar-refractivity contribution in [1.82, 2.24) is 5.32 Å². The van der Waals surface area contributed by atoms with E-state index in [1.54, 1.807) is 18.2 Å². The van der Waals surface area contributed by atoms with E-state index in [2.05, 4.69) is 5.32 Å². The first kappa shape index (κ1) is 19.4. The Kier molecular flexibility index (Phi) is 6.72. The number of carboxylic acid groups (broad SMARTS) is 1. The molecule has 0 fully saturated rings. The van der Waals surface area contributed by atoms with Gasteiger partial charge in [0.1, 0.15) is 11.6 Å². The Bertz CT molecular complexity index is 759. The molecular formula is C20H22FNO4. The highest BCUT2D eigenvalue weighted by molar-refractivity contribution is 5.81. The minimum Gasteiger partial charge on any atom is -0.491 e. The third kappa shape index (κ3) is 5.88. The standard InChI is InChI=1S/C20H22FNO4/c1-13(2)26-17-5-3-4-14(10-17)11-19(23)22-12-18(20(24)25)15-6-8-16(21)9-7-15/h3-10,13,18H,11-12H2,1-2H3,(H,22,23)(H,24,25). The van der Waals surface area contributed by atoms with Crippen LogP contribution in [0.15, 0.2) is 48.5 Å². The molecule has 2 aromatic carbocycles. The van der Waals surface area contributed by atoms with Gasteiger partial charge in [-0.25, -0.2) is 4.39 Å². The Balaban J connectivity index is 1.96. The fourth-order valence-electron chi connectivity index (χ4n) is 2.51. The quantitative estimate of drug-likeness (QED) is 0.759. The van der Waals surface area contributed by atoms with Crippen molar-refractivity contribution in [3.8, 4) is 5.75 Å². The van der Waals surface area contributed by atoms with E-state index in [0.717, 1.165) is 5.56 Å². The number of carbonyl (C=O) groups excluding carboxylic acids is 1. The van der Waals surface area contributed by atoms with E-state index in [0.29, 0.717) is 11.3 Å². The van der Waals surface area contributed by atoms with E-state index in [4.69, 9.17) is 4.74 Å². The van der Waals surface area contributed by atoms with Gasteiger partial charge in [-0.2, -0.15) is 0 Å². The zero-order chi connectivity index (χ0) is 19.1. The summed E-state index contributed by atoms with van der Waals surface area (Å²) in [6.07, 6.45) is 0.150. The molecule has 0 saturated heterocycles. The lowest BCUT2D eigenvalue weighted by atomic mass is 9.99. The first-order chi connectivity index (χ1) is 12.3. The van der Waals surface area contributed by atoms with E-state index >= 15 is 0 Å². The first-order valence-corrected chi connectivity index (χ1v) is 8.35. The lowest BCUT2D eigenvalue weighted by Gasteiger charge is -2.14. The molecule has 0 heterocycles. The van der Waals surface area contributed by atoms with Crippen LogP contribution < -0.4 is 10.1 Å². The normalized spacial score (nSPS) is 11.8. The van der Waals surface area contributed by atoms with Crippen molar-refractivity contribution in [3.05, 3.63) is 65.5 Å². The van der Waals surface area contributed by atoms with Crippen molar-refractivity contribution in [1.29, 1.82) is 0 Å². The van der Waals surface area contributed by atoms with Gasteiger partial charge in [0.15, 0.2) is 0 Å². The zero-order valence-electron chi connectivity index (χ0n) is 14.7. The topological polar surface area (TPSA) is 75.6 Å². The number of aliphatic carboxylic acids is 1. The predicted octanol–water partition coefficient (Wildman–Crippen LogP) is 3.14. The minimum absolute atomic E-state index is 0.0334. The molecule has 0 aliphatic rings. The number of rotatable bonds is 8. The van der Waals surface area contributed by atoms with Crippen molar-refractivity contribution in [2.75, 3.05) is 6.54 Å². The Morgan fingerprint density at radius 1 is 1.15 bits per heavy atom. The summed E-state index contributed by atoms with van der Waals surface area (Å²) in [7, 11) is 0. The summed E-state index contributed by atoms with van der Waals surface area (Å²) in [4.78, 5) is 23.6. The highest BCUT2D eigenvalue weighted by Crippen LogP contribution is 2.17. The van der Waals surface area contributed by atoms with Crippen LogP contribution in [0, 0.1) is 5.82 Å². The summed E-state index contributed by atoms with van der Waals surface area (Å²) in [6.45, 7) is 3.77. The maximum atomic E-state index is 13.0. The molecule has 0 aliphatic heterocycles. The summed E-state index contributed by atoms with van der Waals surface area (Å²) in [5.74, 6) is -2.06. The number of benzene rings is 2. The smallest absolute Gasteiger partial charge is 0.312 e. The Morgan fingerprint density at radius 2 is 1.85 bits per heavy atom. The van der Waals surface area contributed by atoms with Gasteiger partial charge < -0.3 is 15.2 Å². The second kappa shape index (κ2) is 8.99. The third-order valence-electron chi connectivity index (χ3n) is 3.71. The molecule has 1 unspecified atom stereocenters. The Labute approximate surface area is 151 Å². The monoisotopic (exact) mass is 359 g/mol. The number of carboxylic acids is 1. The summed E-state index contributed by atoms with van der Waals surface area (Å²) in [5.41, 5.74) is 1.21. The number of halogens is 1. The molecule has 0 aliphatic carbocycles. The van der Waals surface area contributed by atoms with E-state index in [-0.39, 0.29) is 25.0 Å². The lowest BCUT2D eigenvalue weighted by molar-refractivity contribution is -0.138. The van der Waals surface area contributed by atoms with Crippen LogP contribution in [0.3, 0.4) is 0 Å². The maximum Gasteiger partial charge on any atom is 0.312 e. The van der Waals surface area contributed by atoms with E-state index < -0.39 is 17.7 Å². The van der Waals surface area contributed by atoms with Crippen LogP contribution in [-0.4, -0.2) is 29.6 Å². The van der Waals surface area contributed by atoms with Gasteiger partial charge in [-0.1, -0.05) is 24.3 Å². The molecule has 2 rings (SSSR count). The number of hydrogen-bond donors (Lipinski definition) is 2. The van der Waals surface area contributed by atoms with Gasteiger partial charge in [0.2, 0.25) is 5.91 Å². The van der Waals surface area contributed by atoms with Crippen molar-refractivity contribution in [3.63, 3.8) is 0 Å². The number of nitrogens with one attached hydrogen (secondary N) is 1. The maximum absolute atomic E-state index is 13.0. The van der Waals surface area contributed by atoms with Crippen LogP contribution in [0.4, 0.5) is 4.39 Å². The van der Waals surface area contributed by atoms with Crippen molar-refractivity contribution < 1.29 is 23.8 Å². The van der Waals surface area contributed by atoms with Gasteiger partial charge in [0.05, 0.1) is 18.4 Å². The molecule has 1 atom stereocenters. The van der Waals surface area contributed by atoms with Crippen molar-refractivity contribution in [2.24, 2.45) is 0 Å². The molecule has 0 spiro atoms. The van der Waals surface area contributed by atoms with Gasteiger partial charge in [-0.15, -0.1) is 0 Å². The fraction of sp³-hybridized carbons (Fsp3) is 0.300. The second-order valence-electron chi connectivity index (χ2n) is 6.24. The summed E-state index contributed by atoms with van der Waals surface area (Å²) in [5, 5.41) is 12.0. The molecule has 138 valence electrons. The molecule has 5 nitrogen and oxygen atoms in total. The van der Waals surface area contributed by atoms with Gasteiger partial charge in [0, 0.05) is 6.54 Å². The van der Waals surface area contributed by atoms with E-state index in [9.17, 15) is 19.1 Å². The Hall–Kier alpha value is -2.89. The van der Waals surface area contributed by atoms with E-state index in [1.807, 2.05) is 19.9 Å². The summed E-state index contributed by atoms with van der Waals surface area (Å²) < 4.78 is 18.6. The zero-order valence-corrected chi connectivity index (χ0v) is 14.7. The molecule has 2 N–H and O–H groups in total. The molecule has 1 amide bonds. The molecule has 0 bridgehead atoms. The number of hydrogen-bond acceptors (Lipinski definition) is 3. The fourth-order valence-corrected chi connectivity index (χ4v) is 2.51. The van der Waals surface area contributed by atoms with Crippen LogP contribution in [-0.2, 0) is 16.0 Å². The van der Waals surface area contributed by atoms with Gasteiger partial charge in [0.25, 0.3) is 0 Å². The second-order valence-corrected chi connectivity index (χ2v) is 6.24. The number of amides is 1.